The molecule has 2 amide bonds. The third kappa shape index (κ3) is 4.95. The van der Waals surface area contributed by atoms with Crippen LogP contribution >= 0.6 is 0 Å². The van der Waals surface area contributed by atoms with Gasteiger partial charge in [-0.25, -0.2) is 4.39 Å². The Morgan fingerprint density at radius 2 is 1.79 bits per heavy atom. The minimum absolute atomic E-state index is 0.0132. The number of benzene rings is 1. The highest BCUT2D eigenvalue weighted by molar-refractivity contribution is 5.99. The van der Waals surface area contributed by atoms with Crippen molar-refractivity contribution in [2.75, 3.05) is 32.7 Å². The van der Waals surface area contributed by atoms with Crippen LogP contribution in [-0.2, 0) is 4.79 Å². The van der Waals surface area contributed by atoms with Gasteiger partial charge >= 0.3 is 0 Å². The lowest BCUT2D eigenvalue weighted by molar-refractivity contribution is -0.124. The molecule has 1 saturated heterocycles. The average Bonchev–Trinajstić information content (AvgIpc) is 3.10. The molecule has 0 unspecified atom stereocenters. The SMILES string of the molecule is CC(C)(C)NC(=O)CN1CCN(C(=O)c2cn[nH]c2-c2ccc(F)cc2)CC1. The quantitative estimate of drug-likeness (QED) is 0.840. The molecule has 0 saturated carbocycles. The van der Waals surface area contributed by atoms with Crippen LogP contribution in [0.25, 0.3) is 11.3 Å². The smallest absolute Gasteiger partial charge is 0.257 e. The molecule has 0 atom stereocenters. The van der Waals surface area contributed by atoms with Crippen molar-refractivity contribution >= 4 is 11.8 Å². The lowest BCUT2D eigenvalue weighted by Gasteiger charge is -2.34. The molecular weight excluding hydrogens is 361 g/mol. The molecule has 0 spiro atoms. The van der Waals surface area contributed by atoms with Gasteiger partial charge in [0.15, 0.2) is 0 Å². The highest BCUT2D eigenvalue weighted by Crippen LogP contribution is 2.23. The van der Waals surface area contributed by atoms with Gasteiger partial charge in [-0.05, 0) is 45.0 Å². The number of aromatic amines is 1. The first-order valence-corrected chi connectivity index (χ1v) is 9.35. The van der Waals surface area contributed by atoms with Crippen molar-refractivity contribution in [3.8, 4) is 11.3 Å². The van der Waals surface area contributed by atoms with E-state index >= 15 is 0 Å². The van der Waals surface area contributed by atoms with E-state index in [1.54, 1.807) is 17.0 Å². The van der Waals surface area contributed by atoms with E-state index in [9.17, 15) is 14.0 Å². The molecular formula is C20H26FN5O2. The zero-order chi connectivity index (χ0) is 20.3. The first-order valence-electron chi connectivity index (χ1n) is 9.35. The second kappa shape index (κ2) is 8.10. The van der Waals surface area contributed by atoms with Gasteiger partial charge in [0.2, 0.25) is 5.91 Å². The molecule has 0 radical (unpaired) electrons. The van der Waals surface area contributed by atoms with Gasteiger partial charge in [-0.2, -0.15) is 5.10 Å². The number of hydrogen-bond donors (Lipinski definition) is 2. The van der Waals surface area contributed by atoms with Gasteiger partial charge in [-0.1, -0.05) is 0 Å². The number of carbonyl (C=O) groups excluding carboxylic acids is 2. The number of rotatable bonds is 4. The van der Waals surface area contributed by atoms with Crippen molar-refractivity contribution in [3.05, 3.63) is 41.8 Å². The molecule has 3 rings (SSSR count). The van der Waals surface area contributed by atoms with Gasteiger partial charge in [-0.3, -0.25) is 19.6 Å². The van der Waals surface area contributed by atoms with Crippen LogP contribution in [-0.4, -0.2) is 70.1 Å². The van der Waals surface area contributed by atoms with Crippen molar-refractivity contribution in [1.29, 1.82) is 0 Å². The van der Waals surface area contributed by atoms with Gasteiger partial charge in [0.1, 0.15) is 5.82 Å². The number of piperazine rings is 1. The van der Waals surface area contributed by atoms with E-state index in [2.05, 4.69) is 15.5 Å². The van der Waals surface area contributed by atoms with E-state index in [1.165, 1.54) is 18.3 Å². The Labute approximate surface area is 163 Å². The number of nitrogens with one attached hydrogen (secondary N) is 2. The van der Waals surface area contributed by atoms with E-state index in [4.69, 9.17) is 0 Å². The topological polar surface area (TPSA) is 81.3 Å². The van der Waals surface area contributed by atoms with Crippen molar-refractivity contribution in [2.45, 2.75) is 26.3 Å². The van der Waals surface area contributed by atoms with Gasteiger partial charge in [0, 0.05) is 37.3 Å². The summed E-state index contributed by atoms with van der Waals surface area (Å²) in [6, 6.07) is 5.94. The molecule has 1 fully saturated rings. The Hall–Kier alpha value is -2.74. The Morgan fingerprint density at radius 1 is 1.14 bits per heavy atom. The van der Waals surface area contributed by atoms with Crippen molar-refractivity contribution in [1.82, 2.24) is 25.3 Å². The highest BCUT2D eigenvalue weighted by Gasteiger charge is 2.26. The summed E-state index contributed by atoms with van der Waals surface area (Å²) in [5.41, 5.74) is 1.50. The monoisotopic (exact) mass is 387 g/mol. The molecule has 2 N–H and O–H groups in total. The van der Waals surface area contributed by atoms with E-state index in [1.807, 2.05) is 25.7 Å². The Morgan fingerprint density at radius 3 is 2.39 bits per heavy atom. The van der Waals surface area contributed by atoms with Crippen LogP contribution in [0.4, 0.5) is 4.39 Å². The lowest BCUT2D eigenvalue weighted by atomic mass is 10.1. The maximum Gasteiger partial charge on any atom is 0.257 e. The Kier molecular flexibility index (Phi) is 5.79. The first-order chi connectivity index (χ1) is 13.2. The minimum Gasteiger partial charge on any atom is -0.350 e. The normalized spacial score (nSPS) is 15.5. The van der Waals surface area contributed by atoms with E-state index in [0.717, 1.165) is 0 Å². The summed E-state index contributed by atoms with van der Waals surface area (Å²) in [6.07, 6.45) is 1.50. The van der Waals surface area contributed by atoms with Crippen LogP contribution in [0.1, 0.15) is 31.1 Å². The standard InChI is InChI=1S/C20H26FN5O2/c1-20(2,3)23-17(27)13-25-8-10-26(11-9-25)19(28)16-12-22-24-18(16)14-4-6-15(21)7-5-14/h4-7,12H,8-11,13H2,1-3H3,(H,22,24)(H,23,27). The lowest BCUT2D eigenvalue weighted by Crippen LogP contribution is -2.52. The fourth-order valence-electron chi connectivity index (χ4n) is 3.23. The minimum atomic E-state index is -0.331. The van der Waals surface area contributed by atoms with Crippen LogP contribution < -0.4 is 5.32 Å². The molecule has 2 aromatic rings. The third-order valence-electron chi connectivity index (χ3n) is 4.54. The number of nitrogens with zero attached hydrogens (tertiary/aromatic N) is 3. The van der Waals surface area contributed by atoms with Crippen LogP contribution in [0.5, 0.6) is 0 Å². The number of halogens is 1. The predicted octanol–water partition coefficient (Wildman–Crippen LogP) is 1.89. The van der Waals surface area contributed by atoms with Gasteiger partial charge in [0.25, 0.3) is 5.91 Å². The highest BCUT2D eigenvalue weighted by atomic mass is 19.1. The summed E-state index contributed by atoms with van der Waals surface area (Å²) < 4.78 is 13.2. The zero-order valence-corrected chi connectivity index (χ0v) is 16.5. The summed E-state index contributed by atoms with van der Waals surface area (Å²) in [6.45, 7) is 8.51. The molecule has 0 aliphatic carbocycles. The Balaban J connectivity index is 1.60. The maximum atomic E-state index is 13.2. The molecule has 8 heteroatoms. The molecule has 7 nitrogen and oxygen atoms in total. The van der Waals surface area contributed by atoms with E-state index in [-0.39, 0.29) is 23.2 Å². The molecule has 1 aliphatic heterocycles. The van der Waals surface area contributed by atoms with Crippen LogP contribution in [0.15, 0.2) is 30.5 Å². The number of hydrogen-bond acceptors (Lipinski definition) is 4. The average molecular weight is 387 g/mol. The van der Waals surface area contributed by atoms with Gasteiger partial charge in [0.05, 0.1) is 24.0 Å². The van der Waals surface area contributed by atoms with Crippen LogP contribution in [0, 0.1) is 5.82 Å². The molecule has 150 valence electrons. The van der Waals surface area contributed by atoms with Crippen molar-refractivity contribution in [2.24, 2.45) is 0 Å². The third-order valence-corrected chi connectivity index (χ3v) is 4.54. The fourth-order valence-corrected chi connectivity index (χ4v) is 3.23. The summed E-state index contributed by atoms with van der Waals surface area (Å²) in [5, 5.41) is 9.78. The van der Waals surface area contributed by atoms with Gasteiger partial charge < -0.3 is 10.2 Å². The number of amides is 2. The molecule has 1 aromatic carbocycles. The van der Waals surface area contributed by atoms with Crippen molar-refractivity contribution in [3.63, 3.8) is 0 Å². The van der Waals surface area contributed by atoms with Crippen LogP contribution in [0.2, 0.25) is 0 Å². The first kappa shape index (κ1) is 20.0. The molecule has 0 bridgehead atoms. The molecule has 1 aromatic heterocycles. The Bertz CT molecular complexity index is 833. The largest absolute Gasteiger partial charge is 0.350 e. The predicted molar refractivity (Wildman–Crippen MR) is 104 cm³/mol. The van der Waals surface area contributed by atoms with Crippen molar-refractivity contribution < 1.29 is 14.0 Å². The summed E-state index contributed by atoms with van der Waals surface area (Å²) in [4.78, 5) is 28.8. The van der Waals surface area contributed by atoms with E-state index < -0.39 is 0 Å². The summed E-state index contributed by atoms with van der Waals surface area (Å²) in [5.74, 6) is -0.463. The molecule has 1 aliphatic rings. The van der Waals surface area contributed by atoms with Crippen LogP contribution in [0.3, 0.4) is 0 Å². The second-order valence-electron chi connectivity index (χ2n) is 8.03. The molecule has 28 heavy (non-hydrogen) atoms. The fraction of sp³-hybridized carbons (Fsp3) is 0.450. The number of aromatic nitrogens is 2. The second-order valence-corrected chi connectivity index (χ2v) is 8.03. The summed E-state index contributed by atoms with van der Waals surface area (Å²) >= 11 is 0. The number of carbonyl (C=O) groups is 2. The zero-order valence-electron chi connectivity index (χ0n) is 16.5. The maximum absolute atomic E-state index is 13.2. The summed E-state index contributed by atoms with van der Waals surface area (Å²) in [7, 11) is 0. The van der Waals surface area contributed by atoms with Gasteiger partial charge in [-0.15, -0.1) is 0 Å². The molecule has 2 heterocycles. The van der Waals surface area contributed by atoms with E-state index in [0.29, 0.717) is 49.5 Å². The number of H-pyrrole nitrogens is 1.